The second kappa shape index (κ2) is 4.31. The van der Waals surface area contributed by atoms with Gasteiger partial charge in [-0.1, -0.05) is 15.9 Å². The first kappa shape index (κ1) is 11.6. The van der Waals surface area contributed by atoms with E-state index >= 15 is 0 Å². The zero-order chi connectivity index (χ0) is 11.9. The normalized spacial score (nSPS) is 19.6. The molecule has 1 saturated heterocycles. The van der Waals surface area contributed by atoms with E-state index in [4.69, 9.17) is 10.5 Å². The van der Waals surface area contributed by atoms with Crippen molar-refractivity contribution < 1.29 is 4.74 Å². The highest BCUT2D eigenvalue weighted by molar-refractivity contribution is 9.10. The van der Waals surface area contributed by atoms with E-state index in [0.717, 1.165) is 41.1 Å². The molecule has 17 heavy (non-hydrogen) atoms. The predicted octanol–water partition coefficient (Wildman–Crippen LogP) is 3.02. The molecule has 0 unspecified atom stereocenters. The van der Waals surface area contributed by atoms with Gasteiger partial charge in [-0.05, 0) is 31.0 Å². The lowest BCUT2D eigenvalue weighted by atomic mass is 9.92. The zero-order valence-corrected chi connectivity index (χ0v) is 11.7. The number of fused-ring (bicyclic) bond motifs is 1. The number of nitrogens with zero attached hydrogens (tertiary/aromatic N) is 1. The second-order valence-electron chi connectivity index (χ2n) is 4.40. The number of hydrogen-bond acceptors (Lipinski definition) is 4. The monoisotopic (exact) mass is 312 g/mol. The van der Waals surface area contributed by atoms with Crippen molar-refractivity contribution in [3.63, 3.8) is 0 Å². The minimum Gasteiger partial charge on any atom is -0.381 e. The summed E-state index contributed by atoms with van der Waals surface area (Å²) < 4.78 is 7.64. The molecule has 5 heteroatoms. The minimum atomic E-state index is -0.297. The molecule has 0 bridgehead atoms. The average Bonchev–Trinajstić information content (AvgIpc) is 2.73. The quantitative estimate of drug-likeness (QED) is 0.880. The molecular weight excluding hydrogens is 300 g/mol. The number of nitrogens with two attached hydrogens (primary N) is 1. The third kappa shape index (κ3) is 2.12. The lowest BCUT2D eigenvalue weighted by molar-refractivity contribution is 0.0522. The van der Waals surface area contributed by atoms with Crippen LogP contribution in [0.15, 0.2) is 22.7 Å². The maximum atomic E-state index is 6.44. The largest absolute Gasteiger partial charge is 0.381 e. The number of aromatic nitrogens is 1. The number of thiazole rings is 1. The van der Waals surface area contributed by atoms with Gasteiger partial charge in [0.15, 0.2) is 0 Å². The van der Waals surface area contributed by atoms with Crippen LogP contribution in [-0.2, 0) is 10.3 Å². The van der Waals surface area contributed by atoms with Gasteiger partial charge in [0.05, 0.1) is 15.8 Å². The van der Waals surface area contributed by atoms with E-state index in [0.29, 0.717) is 0 Å². The molecule has 1 fully saturated rings. The van der Waals surface area contributed by atoms with Crippen molar-refractivity contribution in [3.8, 4) is 0 Å². The maximum Gasteiger partial charge on any atom is 0.114 e. The fourth-order valence-corrected chi connectivity index (χ4v) is 3.74. The Morgan fingerprint density at radius 3 is 2.88 bits per heavy atom. The first-order valence-electron chi connectivity index (χ1n) is 5.61. The van der Waals surface area contributed by atoms with Gasteiger partial charge in [0.2, 0.25) is 0 Å². The molecular formula is C12H13BrN2OS. The number of ether oxygens (including phenoxy) is 1. The summed E-state index contributed by atoms with van der Waals surface area (Å²) in [5.74, 6) is 0. The van der Waals surface area contributed by atoms with Crippen LogP contribution in [0.1, 0.15) is 17.8 Å². The number of hydrogen-bond donors (Lipinski definition) is 1. The Kier molecular flexibility index (Phi) is 2.94. The summed E-state index contributed by atoms with van der Waals surface area (Å²) in [7, 11) is 0. The van der Waals surface area contributed by atoms with Crippen LogP contribution in [0.25, 0.3) is 10.2 Å². The summed E-state index contributed by atoms with van der Waals surface area (Å²) in [5, 5.41) is 1.04. The van der Waals surface area contributed by atoms with Crippen molar-refractivity contribution >= 4 is 37.5 Å². The minimum absolute atomic E-state index is 0.297. The number of benzene rings is 1. The van der Waals surface area contributed by atoms with E-state index in [1.807, 2.05) is 12.1 Å². The maximum absolute atomic E-state index is 6.44. The molecule has 0 aliphatic carbocycles. The number of halogens is 1. The highest BCUT2D eigenvalue weighted by atomic mass is 79.9. The molecule has 3 nitrogen and oxygen atoms in total. The fraction of sp³-hybridized carbons (Fsp3) is 0.417. The van der Waals surface area contributed by atoms with Gasteiger partial charge < -0.3 is 10.5 Å². The standard InChI is InChI=1S/C12H13BrN2OS/c13-8-1-2-9-10(7-8)17-11(15-9)12(14)3-5-16-6-4-12/h1-2,7H,3-6,14H2. The summed E-state index contributed by atoms with van der Waals surface area (Å²) in [6, 6.07) is 6.14. The van der Waals surface area contributed by atoms with Gasteiger partial charge in [-0.3, -0.25) is 0 Å². The molecule has 0 atom stereocenters. The summed E-state index contributed by atoms with van der Waals surface area (Å²) in [5.41, 5.74) is 7.17. The topological polar surface area (TPSA) is 48.1 Å². The first-order valence-corrected chi connectivity index (χ1v) is 7.22. The molecule has 1 aliphatic rings. The van der Waals surface area contributed by atoms with Crippen LogP contribution in [-0.4, -0.2) is 18.2 Å². The molecule has 2 N–H and O–H groups in total. The van der Waals surface area contributed by atoms with Gasteiger partial charge in [-0.25, -0.2) is 4.98 Å². The Morgan fingerprint density at radius 2 is 2.12 bits per heavy atom. The van der Waals surface area contributed by atoms with Crippen molar-refractivity contribution in [2.75, 3.05) is 13.2 Å². The fourth-order valence-electron chi connectivity index (χ4n) is 2.06. The molecule has 2 aromatic rings. The van der Waals surface area contributed by atoms with Gasteiger partial charge in [0, 0.05) is 17.7 Å². The van der Waals surface area contributed by atoms with E-state index in [1.54, 1.807) is 11.3 Å². The molecule has 1 aliphatic heterocycles. The SMILES string of the molecule is NC1(c2nc3ccc(Br)cc3s2)CCOCC1. The van der Waals surface area contributed by atoms with Crippen LogP contribution in [0.2, 0.25) is 0 Å². The van der Waals surface area contributed by atoms with Crippen LogP contribution in [0.3, 0.4) is 0 Å². The van der Waals surface area contributed by atoms with Gasteiger partial charge in [-0.15, -0.1) is 11.3 Å². The molecule has 1 aromatic carbocycles. The van der Waals surface area contributed by atoms with Crippen LogP contribution in [0.5, 0.6) is 0 Å². The Hall–Kier alpha value is -0.490. The Morgan fingerprint density at radius 1 is 1.35 bits per heavy atom. The molecule has 0 amide bonds. The van der Waals surface area contributed by atoms with Gasteiger partial charge >= 0.3 is 0 Å². The van der Waals surface area contributed by atoms with Crippen molar-refractivity contribution in [1.82, 2.24) is 4.98 Å². The predicted molar refractivity (Wildman–Crippen MR) is 73.2 cm³/mol. The highest BCUT2D eigenvalue weighted by Crippen LogP contribution is 2.35. The molecule has 0 radical (unpaired) electrons. The van der Waals surface area contributed by atoms with Crippen molar-refractivity contribution in [1.29, 1.82) is 0 Å². The summed E-state index contributed by atoms with van der Waals surface area (Å²) in [6.07, 6.45) is 1.71. The van der Waals surface area contributed by atoms with E-state index in [-0.39, 0.29) is 5.54 Å². The molecule has 3 rings (SSSR count). The Balaban J connectivity index is 2.05. The third-order valence-electron chi connectivity index (χ3n) is 3.16. The smallest absolute Gasteiger partial charge is 0.114 e. The molecule has 90 valence electrons. The first-order chi connectivity index (χ1) is 8.17. The Bertz CT molecular complexity index is 548. The second-order valence-corrected chi connectivity index (χ2v) is 6.35. The summed E-state index contributed by atoms with van der Waals surface area (Å²) in [6.45, 7) is 1.46. The number of rotatable bonds is 1. The van der Waals surface area contributed by atoms with Crippen molar-refractivity contribution in [3.05, 3.63) is 27.7 Å². The molecule has 2 heterocycles. The summed E-state index contributed by atoms with van der Waals surface area (Å²) >= 11 is 5.17. The molecule has 0 spiro atoms. The van der Waals surface area contributed by atoms with Crippen LogP contribution in [0, 0.1) is 0 Å². The van der Waals surface area contributed by atoms with Crippen molar-refractivity contribution in [2.24, 2.45) is 5.73 Å². The molecule has 1 aromatic heterocycles. The van der Waals surface area contributed by atoms with Gasteiger partial charge in [0.25, 0.3) is 0 Å². The zero-order valence-electron chi connectivity index (χ0n) is 9.28. The van der Waals surface area contributed by atoms with E-state index in [9.17, 15) is 0 Å². The lowest BCUT2D eigenvalue weighted by Gasteiger charge is -2.31. The third-order valence-corrected chi connectivity index (χ3v) is 4.89. The van der Waals surface area contributed by atoms with Gasteiger partial charge in [0.1, 0.15) is 5.01 Å². The Labute approximate surface area is 112 Å². The molecule has 0 saturated carbocycles. The highest BCUT2D eigenvalue weighted by Gasteiger charge is 2.33. The van der Waals surface area contributed by atoms with Crippen LogP contribution >= 0.6 is 27.3 Å². The van der Waals surface area contributed by atoms with E-state index in [2.05, 4.69) is 27.0 Å². The van der Waals surface area contributed by atoms with Gasteiger partial charge in [-0.2, -0.15) is 0 Å². The van der Waals surface area contributed by atoms with Crippen LogP contribution < -0.4 is 5.73 Å². The van der Waals surface area contributed by atoms with Crippen LogP contribution in [0.4, 0.5) is 0 Å². The van der Waals surface area contributed by atoms with E-state index in [1.165, 1.54) is 4.70 Å². The van der Waals surface area contributed by atoms with E-state index < -0.39 is 0 Å². The van der Waals surface area contributed by atoms with Crippen molar-refractivity contribution in [2.45, 2.75) is 18.4 Å². The summed E-state index contributed by atoms with van der Waals surface area (Å²) in [4.78, 5) is 4.67. The lowest BCUT2D eigenvalue weighted by Crippen LogP contribution is -2.42. The average molecular weight is 313 g/mol.